The largest absolute Gasteiger partial charge is 0.474 e. The molecule has 1 saturated heterocycles. The summed E-state index contributed by atoms with van der Waals surface area (Å²) in [5, 5.41) is 0. The number of anilines is 2. The fourth-order valence-corrected chi connectivity index (χ4v) is 5.09. The van der Waals surface area contributed by atoms with E-state index in [0.717, 1.165) is 5.56 Å². The van der Waals surface area contributed by atoms with Crippen molar-refractivity contribution in [2.75, 3.05) is 30.3 Å². The van der Waals surface area contributed by atoms with Crippen molar-refractivity contribution in [3.8, 4) is 5.88 Å². The van der Waals surface area contributed by atoms with E-state index in [1.807, 2.05) is 13.8 Å². The monoisotopic (exact) mass is 491 g/mol. The number of hydrogen-bond acceptors (Lipinski definition) is 8. The summed E-state index contributed by atoms with van der Waals surface area (Å²) in [5.41, 5.74) is 1.13. The average Bonchev–Trinajstić information content (AvgIpc) is 3.24. The normalized spacial score (nSPS) is 18.0. The molecule has 11 heteroatoms. The second kappa shape index (κ2) is 9.73. The van der Waals surface area contributed by atoms with Crippen molar-refractivity contribution in [3.63, 3.8) is 0 Å². The van der Waals surface area contributed by atoms with Gasteiger partial charge in [0, 0.05) is 38.2 Å². The van der Waals surface area contributed by atoms with Crippen LogP contribution in [0.4, 0.5) is 20.7 Å². The molecule has 1 aromatic heterocycles. The first-order valence-electron chi connectivity index (χ1n) is 11.5. The van der Waals surface area contributed by atoms with Gasteiger partial charge in [-0.05, 0) is 38.5 Å². The first-order valence-corrected chi connectivity index (χ1v) is 13.2. The molecule has 0 bridgehead atoms. The molecule has 4 rings (SSSR count). The van der Waals surface area contributed by atoms with Crippen LogP contribution in [0.25, 0.3) is 0 Å². The maximum Gasteiger partial charge on any atom is 0.410 e. The summed E-state index contributed by atoms with van der Waals surface area (Å²) < 4.78 is 46.6. The van der Waals surface area contributed by atoms with Crippen molar-refractivity contribution in [2.24, 2.45) is 0 Å². The van der Waals surface area contributed by atoms with Crippen LogP contribution < -0.4 is 9.64 Å². The van der Waals surface area contributed by atoms with E-state index in [1.165, 1.54) is 12.4 Å². The molecular formula is C23H30FN5O4S. The fraction of sp³-hybridized carbons (Fsp3) is 0.522. The van der Waals surface area contributed by atoms with Crippen LogP contribution in [0.2, 0.25) is 0 Å². The lowest BCUT2D eigenvalue weighted by Crippen LogP contribution is -2.42. The quantitative estimate of drug-likeness (QED) is 0.647. The van der Waals surface area contributed by atoms with Gasteiger partial charge in [-0.3, -0.25) is 0 Å². The number of rotatable bonds is 6. The first kappa shape index (κ1) is 24.2. The molecule has 0 aliphatic carbocycles. The molecule has 0 saturated carbocycles. The zero-order chi connectivity index (χ0) is 24.5. The Hall–Kier alpha value is -2.95. The number of aromatic nitrogens is 2. The summed E-state index contributed by atoms with van der Waals surface area (Å²) in [6.45, 7) is 6.90. The zero-order valence-electron chi connectivity index (χ0n) is 19.6. The van der Waals surface area contributed by atoms with Gasteiger partial charge in [0.15, 0.2) is 0 Å². The highest BCUT2D eigenvalue weighted by molar-refractivity contribution is 7.92. The number of carbonyl (C=O) groups is 1. The van der Waals surface area contributed by atoms with Crippen LogP contribution in [0.3, 0.4) is 0 Å². The van der Waals surface area contributed by atoms with E-state index >= 15 is 0 Å². The van der Waals surface area contributed by atoms with Gasteiger partial charge < -0.3 is 19.3 Å². The molecule has 2 aliphatic heterocycles. The van der Waals surface area contributed by atoms with Gasteiger partial charge in [0.25, 0.3) is 0 Å². The molecule has 1 aromatic carbocycles. The van der Waals surface area contributed by atoms with Crippen molar-refractivity contribution in [1.82, 2.24) is 14.9 Å². The van der Waals surface area contributed by atoms with E-state index in [1.54, 1.807) is 28.9 Å². The predicted molar refractivity (Wildman–Crippen MR) is 126 cm³/mol. The summed E-state index contributed by atoms with van der Waals surface area (Å²) >= 11 is 0. The molecule has 1 fully saturated rings. The third-order valence-corrected chi connectivity index (χ3v) is 7.86. The minimum Gasteiger partial charge on any atom is -0.474 e. The average molecular weight is 492 g/mol. The highest BCUT2D eigenvalue weighted by Gasteiger charge is 2.31. The van der Waals surface area contributed by atoms with Gasteiger partial charge in [0.1, 0.15) is 24.1 Å². The molecule has 3 heterocycles. The van der Waals surface area contributed by atoms with Crippen LogP contribution >= 0.6 is 0 Å². The van der Waals surface area contributed by atoms with Crippen molar-refractivity contribution < 1.29 is 22.9 Å². The Morgan fingerprint density at radius 3 is 2.65 bits per heavy atom. The van der Waals surface area contributed by atoms with Gasteiger partial charge in [-0.1, -0.05) is 6.92 Å². The molecule has 1 unspecified atom stereocenters. The third kappa shape index (κ3) is 4.94. The Balaban J connectivity index is 1.47. The second-order valence-electron chi connectivity index (χ2n) is 8.70. The molecule has 1 atom stereocenters. The highest BCUT2D eigenvalue weighted by Crippen LogP contribution is 2.38. The van der Waals surface area contributed by atoms with Crippen LogP contribution in [0.15, 0.2) is 29.4 Å². The number of carbonyl (C=O) groups excluding carboxylic acids is 1. The second-order valence-corrected chi connectivity index (χ2v) is 11.1. The molecule has 9 nitrogen and oxygen atoms in total. The Morgan fingerprint density at radius 2 is 2.00 bits per heavy atom. The van der Waals surface area contributed by atoms with Crippen LogP contribution in [0.1, 0.15) is 39.2 Å². The van der Waals surface area contributed by atoms with E-state index in [-0.39, 0.29) is 28.9 Å². The number of nitrogens with one attached hydrogen (secondary N) is 1. The molecular weight excluding hydrogens is 461 g/mol. The molecule has 34 heavy (non-hydrogen) atoms. The molecule has 184 valence electrons. The third-order valence-electron chi connectivity index (χ3n) is 6.04. The minimum atomic E-state index is -3.00. The number of halogens is 1. The standard InChI is InChI=1S/C23H30FN5O4S/c1-4-34(25,31)17-5-6-20(19(24)13-17)29-12-9-18-21(29)26-14-27-22(18)33-16-7-10-28(11-8-16)23(30)32-15(2)3/h5-6,13-16,25H,4,7-12H2,1-3H3. The Labute approximate surface area is 199 Å². The number of likely N-dealkylation sites (tertiary alicyclic amines) is 1. The highest BCUT2D eigenvalue weighted by atomic mass is 32.2. The molecule has 0 spiro atoms. The van der Waals surface area contributed by atoms with Gasteiger partial charge in [-0.25, -0.2) is 28.1 Å². The van der Waals surface area contributed by atoms with Gasteiger partial charge in [0.05, 0.1) is 32.0 Å². The topological polar surface area (TPSA) is 109 Å². The van der Waals surface area contributed by atoms with Crippen molar-refractivity contribution in [2.45, 2.75) is 57.1 Å². The van der Waals surface area contributed by atoms with Crippen molar-refractivity contribution in [3.05, 3.63) is 35.9 Å². The van der Waals surface area contributed by atoms with E-state index in [9.17, 15) is 13.4 Å². The molecule has 0 radical (unpaired) electrons. The van der Waals surface area contributed by atoms with E-state index < -0.39 is 15.5 Å². The minimum absolute atomic E-state index is 0.0913. The summed E-state index contributed by atoms with van der Waals surface area (Å²) in [6, 6.07) is 4.28. The predicted octanol–water partition coefficient (Wildman–Crippen LogP) is 4.12. The van der Waals surface area contributed by atoms with Gasteiger partial charge in [-0.15, -0.1) is 0 Å². The summed E-state index contributed by atoms with van der Waals surface area (Å²) in [7, 11) is -3.00. The Kier molecular flexibility index (Phi) is 6.92. The summed E-state index contributed by atoms with van der Waals surface area (Å²) in [5.74, 6) is 0.648. The lowest BCUT2D eigenvalue weighted by atomic mass is 10.1. The maximum atomic E-state index is 14.9. The Bertz CT molecular complexity index is 1170. The number of piperidine rings is 1. The fourth-order valence-electron chi connectivity index (χ4n) is 4.17. The number of hydrogen-bond donors (Lipinski definition) is 1. The number of fused-ring (bicyclic) bond motifs is 1. The van der Waals surface area contributed by atoms with Gasteiger partial charge >= 0.3 is 6.09 Å². The number of amides is 1. The maximum absolute atomic E-state index is 14.9. The van der Waals surface area contributed by atoms with Gasteiger partial charge in [-0.2, -0.15) is 0 Å². The SMILES string of the molecule is CCS(=N)(=O)c1ccc(N2CCc3c(OC4CCN(C(=O)OC(C)C)CC4)ncnc32)c(F)c1. The lowest BCUT2D eigenvalue weighted by molar-refractivity contribution is 0.0505. The number of nitrogens with zero attached hydrogens (tertiary/aromatic N) is 4. The van der Waals surface area contributed by atoms with Crippen LogP contribution in [-0.4, -0.2) is 62.8 Å². The van der Waals surface area contributed by atoms with Crippen LogP contribution in [0.5, 0.6) is 5.88 Å². The first-order chi connectivity index (χ1) is 16.2. The van der Waals surface area contributed by atoms with Crippen molar-refractivity contribution >= 4 is 27.3 Å². The van der Waals surface area contributed by atoms with E-state index in [2.05, 4.69) is 9.97 Å². The smallest absolute Gasteiger partial charge is 0.410 e. The molecule has 2 aliphatic rings. The lowest BCUT2D eigenvalue weighted by Gasteiger charge is -2.32. The van der Waals surface area contributed by atoms with Gasteiger partial charge in [0.2, 0.25) is 5.88 Å². The number of benzene rings is 1. The van der Waals surface area contributed by atoms with E-state index in [4.69, 9.17) is 14.3 Å². The zero-order valence-corrected chi connectivity index (χ0v) is 20.4. The summed E-state index contributed by atoms with van der Waals surface area (Å²) in [4.78, 5) is 24.4. The van der Waals surface area contributed by atoms with Crippen molar-refractivity contribution in [1.29, 1.82) is 4.78 Å². The molecule has 2 aromatic rings. The molecule has 1 N–H and O–H groups in total. The number of ether oxygens (including phenoxy) is 2. The van der Waals surface area contributed by atoms with E-state index in [0.29, 0.717) is 56.3 Å². The van der Waals surface area contributed by atoms with Crippen LogP contribution in [-0.2, 0) is 20.9 Å². The Morgan fingerprint density at radius 1 is 1.26 bits per heavy atom. The van der Waals surface area contributed by atoms with Crippen LogP contribution in [0, 0.1) is 10.6 Å². The molecule has 1 amide bonds. The summed E-state index contributed by atoms with van der Waals surface area (Å²) in [6.07, 6.45) is 2.77.